The zero-order valence-electron chi connectivity index (χ0n) is 19.7. The van der Waals surface area contributed by atoms with E-state index in [1.54, 1.807) is 12.1 Å². The molecule has 0 spiro atoms. The number of aromatic nitrogens is 1. The Kier molecular flexibility index (Phi) is 5.84. The number of ether oxygens (including phenoxy) is 1. The summed E-state index contributed by atoms with van der Waals surface area (Å²) in [5.74, 6) is 0.932. The van der Waals surface area contributed by atoms with Gasteiger partial charge in [0.15, 0.2) is 5.76 Å². The van der Waals surface area contributed by atoms with E-state index in [1.165, 1.54) is 11.8 Å². The molecule has 3 aromatic rings. The van der Waals surface area contributed by atoms with Crippen LogP contribution in [0.4, 0.5) is 5.82 Å². The third-order valence-corrected chi connectivity index (χ3v) is 6.76. The topological polar surface area (TPSA) is 82.6 Å². The molecule has 0 N–H and O–H groups in total. The molecule has 7 nitrogen and oxygen atoms in total. The highest BCUT2D eigenvalue weighted by atomic mass is 16.5. The van der Waals surface area contributed by atoms with Gasteiger partial charge in [-0.1, -0.05) is 29.8 Å². The number of amides is 1. The summed E-state index contributed by atoms with van der Waals surface area (Å²) in [6.45, 7) is 8.34. The lowest BCUT2D eigenvalue weighted by molar-refractivity contribution is 0.0541. The van der Waals surface area contributed by atoms with E-state index in [0.717, 1.165) is 22.4 Å². The number of nitrogens with zero attached hydrogens (tertiary/aromatic N) is 4. The second-order valence-corrected chi connectivity index (χ2v) is 9.19. The maximum Gasteiger partial charge on any atom is 0.290 e. The van der Waals surface area contributed by atoms with Crippen LogP contribution in [0.5, 0.6) is 0 Å². The molecule has 1 amide bonds. The molecule has 0 bridgehead atoms. The van der Waals surface area contributed by atoms with E-state index in [0.29, 0.717) is 49.9 Å². The number of piperazine rings is 1. The van der Waals surface area contributed by atoms with Crippen LogP contribution in [0, 0.1) is 18.3 Å². The first kappa shape index (κ1) is 22.2. The van der Waals surface area contributed by atoms with Crippen molar-refractivity contribution in [3.8, 4) is 17.3 Å². The molecule has 2 atom stereocenters. The quantitative estimate of drug-likeness (QED) is 0.583. The molecule has 7 heteroatoms. The number of benzene rings is 1. The third-order valence-electron chi connectivity index (χ3n) is 6.76. The van der Waals surface area contributed by atoms with Crippen LogP contribution in [0.3, 0.4) is 0 Å². The molecule has 34 heavy (non-hydrogen) atoms. The Morgan fingerprint density at radius 3 is 2.50 bits per heavy atom. The minimum Gasteiger partial charge on any atom is -0.459 e. The summed E-state index contributed by atoms with van der Waals surface area (Å²) in [5, 5.41) is 10.2. The summed E-state index contributed by atoms with van der Waals surface area (Å²) in [6, 6.07) is 14.0. The number of rotatable bonds is 3. The van der Waals surface area contributed by atoms with Gasteiger partial charge >= 0.3 is 0 Å². The summed E-state index contributed by atoms with van der Waals surface area (Å²) < 4.78 is 11.1. The monoisotopic (exact) mass is 456 g/mol. The van der Waals surface area contributed by atoms with Crippen molar-refractivity contribution < 1.29 is 13.9 Å². The summed E-state index contributed by atoms with van der Waals surface area (Å²) in [5.41, 5.74) is 5.73. The number of aryl methyl sites for hydroxylation is 1. The van der Waals surface area contributed by atoms with Crippen LogP contribution in [0.15, 0.2) is 47.1 Å². The number of carbonyl (C=O) groups is 1. The maximum atomic E-state index is 13.0. The fourth-order valence-corrected chi connectivity index (χ4v) is 5.16. The Morgan fingerprint density at radius 2 is 1.85 bits per heavy atom. The van der Waals surface area contributed by atoms with E-state index in [9.17, 15) is 10.1 Å². The Balaban J connectivity index is 1.55. The summed E-state index contributed by atoms with van der Waals surface area (Å²) in [4.78, 5) is 22.1. The van der Waals surface area contributed by atoms with Crippen molar-refractivity contribution in [1.82, 2.24) is 9.88 Å². The van der Waals surface area contributed by atoms with E-state index in [2.05, 4.69) is 42.2 Å². The minimum atomic E-state index is -0.110. The number of carbonyl (C=O) groups excluding carboxylic acids is 1. The fourth-order valence-electron chi connectivity index (χ4n) is 5.16. The molecular formula is C27H28N4O3. The summed E-state index contributed by atoms with van der Waals surface area (Å²) >= 11 is 0. The van der Waals surface area contributed by atoms with Gasteiger partial charge in [-0.15, -0.1) is 0 Å². The summed E-state index contributed by atoms with van der Waals surface area (Å²) in [7, 11) is 0. The zero-order chi connectivity index (χ0) is 23.8. The predicted octanol–water partition coefficient (Wildman–Crippen LogP) is 4.33. The molecule has 174 valence electrons. The second-order valence-electron chi connectivity index (χ2n) is 9.19. The van der Waals surface area contributed by atoms with Crippen LogP contribution in [0.2, 0.25) is 0 Å². The van der Waals surface area contributed by atoms with Gasteiger partial charge < -0.3 is 19.0 Å². The van der Waals surface area contributed by atoms with Crippen molar-refractivity contribution in [2.75, 3.05) is 24.6 Å². The van der Waals surface area contributed by atoms with Gasteiger partial charge in [-0.25, -0.2) is 4.98 Å². The first-order valence-electron chi connectivity index (χ1n) is 11.7. The van der Waals surface area contributed by atoms with E-state index < -0.39 is 0 Å². The molecule has 1 aromatic carbocycles. The molecule has 2 aliphatic heterocycles. The number of pyridine rings is 1. The second kappa shape index (κ2) is 8.96. The van der Waals surface area contributed by atoms with E-state index >= 15 is 0 Å². The molecular weight excluding hydrogens is 428 g/mol. The molecule has 0 saturated carbocycles. The SMILES string of the molecule is Cc1ccc(-c2nc(N3CC(C)N(C(=O)c4ccco4)C(C)C3)c(C#N)c3c2COCC3)cc1. The summed E-state index contributed by atoms with van der Waals surface area (Å²) in [6.07, 6.45) is 2.21. The van der Waals surface area contributed by atoms with Crippen molar-refractivity contribution in [1.29, 1.82) is 5.26 Å². The van der Waals surface area contributed by atoms with Crippen LogP contribution < -0.4 is 4.90 Å². The Morgan fingerprint density at radius 1 is 1.12 bits per heavy atom. The Labute approximate surface area is 199 Å². The van der Waals surface area contributed by atoms with Crippen molar-refractivity contribution in [2.24, 2.45) is 0 Å². The number of hydrogen-bond donors (Lipinski definition) is 0. The Bertz CT molecular complexity index is 1230. The van der Waals surface area contributed by atoms with Crippen molar-refractivity contribution in [3.05, 3.63) is 70.7 Å². The fraction of sp³-hybridized carbons (Fsp3) is 0.370. The molecule has 4 heterocycles. The lowest BCUT2D eigenvalue weighted by atomic mass is 9.93. The smallest absolute Gasteiger partial charge is 0.290 e. The van der Waals surface area contributed by atoms with Crippen LogP contribution in [0.1, 0.15) is 46.7 Å². The van der Waals surface area contributed by atoms with E-state index in [1.807, 2.05) is 18.7 Å². The largest absolute Gasteiger partial charge is 0.459 e. The first-order chi connectivity index (χ1) is 16.5. The van der Waals surface area contributed by atoms with Gasteiger partial charge in [0, 0.05) is 36.3 Å². The van der Waals surface area contributed by atoms with Crippen LogP contribution >= 0.6 is 0 Å². The lowest BCUT2D eigenvalue weighted by Gasteiger charge is -2.45. The van der Waals surface area contributed by atoms with Gasteiger partial charge in [-0.2, -0.15) is 5.26 Å². The van der Waals surface area contributed by atoms with E-state index in [4.69, 9.17) is 14.1 Å². The predicted molar refractivity (Wildman–Crippen MR) is 128 cm³/mol. The average molecular weight is 457 g/mol. The van der Waals surface area contributed by atoms with Gasteiger partial charge in [-0.05, 0) is 44.9 Å². The van der Waals surface area contributed by atoms with Crippen LogP contribution in [-0.2, 0) is 17.8 Å². The molecule has 2 aromatic heterocycles. The average Bonchev–Trinajstić information content (AvgIpc) is 3.38. The Hall–Kier alpha value is -3.63. The highest BCUT2D eigenvalue weighted by molar-refractivity contribution is 5.92. The van der Waals surface area contributed by atoms with Gasteiger partial charge in [0.1, 0.15) is 11.9 Å². The van der Waals surface area contributed by atoms with Crippen molar-refractivity contribution >= 4 is 11.7 Å². The molecule has 5 rings (SSSR count). The van der Waals surface area contributed by atoms with Crippen LogP contribution in [0.25, 0.3) is 11.3 Å². The number of hydrogen-bond acceptors (Lipinski definition) is 6. The van der Waals surface area contributed by atoms with Crippen molar-refractivity contribution in [3.63, 3.8) is 0 Å². The molecule has 1 fully saturated rings. The van der Waals surface area contributed by atoms with E-state index in [-0.39, 0.29) is 18.0 Å². The number of anilines is 1. The number of furan rings is 1. The van der Waals surface area contributed by atoms with Gasteiger partial charge in [-0.3, -0.25) is 4.79 Å². The lowest BCUT2D eigenvalue weighted by Crippen LogP contribution is -2.59. The maximum absolute atomic E-state index is 13.0. The molecule has 0 radical (unpaired) electrons. The normalized spacial score (nSPS) is 20.1. The standard InChI is InChI=1S/C27H28N4O3/c1-17-6-8-20(9-7-17)25-23-16-33-12-10-21(23)22(13-28)26(29-25)30-14-18(2)31(19(3)15-30)27(32)24-5-4-11-34-24/h4-9,11,18-19H,10,12,14-16H2,1-3H3. The first-order valence-corrected chi connectivity index (χ1v) is 11.7. The molecule has 0 aliphatic carbocycles. The van der Waals surface area contributed by atoms with Gasteiger partial charge in [0.05, 0.1) is 30.7 Å². The number of nitriles is 1. The van der Waals surface area contributed by atoms with Gasteiger partial charge in [0.25, 0.3) is 5.91 Å². The molecule has 1 saturated heterocycles. The highest BCUT2D eigenvalue weighted by Gasteiger charge is 2.36. The zero-order valence-corrected chi connectivity index (χ0v) is 19.7. The molecule has 2 unspecified atom stereocenters. The minimum absolute atomic E-state index is 0.0723. The number of fused-ring (bicyclic) bond motifs is 1. The van der Waals surface area contributed by atoms with Gasteiger partial charge in [0.2, 0.25) is 0 Å². The third kappa shape index (κ3) is 3.84. The molecule has 2 aliphatic rings. The van der Waals surface area contributed by atoms with Crippen molar-refractivity contribution in [2.45, 2.75) is 45.9 Å². The highest BCUT2D eigenvalue weighted by Crippen LogP contribution is 2.36. The van der Waals surface area contributed by atoms with Crippen LogP contribution in [-0.4, -0.2) is 47.6 Å².